The summed E-state index contributed by atoms with van der Waals surface area (Å²) in [6, 6.07) is 2.98. The minimum Gasteiger partial charge on any atom is -0.503 e. The normalized spacial score (nSPS) is 20.4. The van der Waals surface area contributed by atoms with Gasteiger partial charge < -0.3 is 19.7 Å². The fourth-order valence-electron chi connectivity index (χ4n) is 4.42. The van der Waals surface area contributed by atoms with E-state index in [0.717, 1.165) is 25.6 Å². The number of nitrogens with zero attached hydrogens (tertiary/aromatic N) is 3. The van der Waals surface area contributed by atoms with Crippen LogP contribution in [0.25, 0.3) is 0 Å². The fourth-order valence-corrected chi connectivity index (χ4v) is 7.19. The van der Waals surface area contributed by atoms with Crippen LogP contribution in [-0.4, -0.2) is 50.5 Å². The summed E-state index contributed by atoms with van der Waals surface area (Å²) in [7, 11) is -1.08. The second-order valence-corrected chi connectivity index (χ2v) is 11.6. The van der Waals surface area contributed by atoms with E-state index in [1.54, 1.807) is 4.67 Å². The number of hydrogen-bond donors (Lipinski definition) is 2. The molecule has 1 unspecified atom stereocenters. The van der Waals surface area contributed by atoms with Crippen molar-refractivity contribution in [2.75, 3.05) is 19.6 Å². The summed E-state index contributed by atoms with van der Waals surface area (Å²) in [5, 5.41) is 13.1. The van der Waals surface area contributed by atoms with E-state index in [2.05, 4.69) is 30.8 Å². The number of benzene rings is 1. The molecule has 0 aliphatic carbocycles. The highest BCUT2D eigenvalue weighted by molar-refractivity contribution is 7.52. The zero-order valence-corrected chi connectivity index (χ0v) is 20.8. The Morgan fingerprint density at radius 1 is 1.29 bits per heavy atom. The zero-order valence-electron chi connectivity index (χ0n) is 19.9. The van der Waals surface area contributed by atoms with Gasteiger partial charge in [0.25, 0.3) is 11.8 Å². The van der Waals surface area contributed by atoms with Crippen molar-refractivity contribution >= 4 is 20.0 Å². The van der Waals surface area contributed by atoms with Crippen LogP contribution >= 0.6 is 8.22 Å². The Balaban J connectivity index is 1.65. The molecule has 0 saturated carbocycles. The third-order valence-corrected chi connectivity index (χ3v) is 8.69. The predicted octanol–water partition coefficient (Wildman–Crippen LogP) is 3.49. The second-order valence-electron chi connectivity index (χ2n) is 9.56. The highest BCUT2D eigenvalue weighted by Crippen LogP contribution is 2.52. The van der Waals surface area contributed by atoms with E-state index in [4.69, 9.17) is 0 Å². The van der Waals surface area contributed by atoms with Crippen LogP contribution in [0.3, 0.4) is 0 Å². The number of pyridine rings is 1. The number of nitrogens with one attached hydrogen (secondary N) is 1. The van der Waals surface area contributed by atoms with Crippen LogP contribution < -0.4 is 10.7 Å². The third-order valence-electron chi connectivity index (χ3n) is 6.22. The summed E-state index contributed by atoms with van der Waals surface area (Å²) in [6.07, 6.45) is 2.59. The van der Waals surface area contributed by atoms with Crippen molar-refractivity contribution in [1.82, 2.24) is 19.2 Å². The van der Waals surface area contributed by atoms with Crippen molar-refractivity contribution in [2.24, 2.45) is 11.8 Å². The molecule has 4 rings (SSSR count). The maximum atomic E-state index is 13.9. The lowest BCUT2D eigenvalue weighted by Gasteiger charge is -2.42. The second kappa shape index (κ2) is 10.0. The molecule has 2 aliphatic rings. The lowest BCUT2D eigenvalue weighted by atomic mass is 10.1. The van der Waals surface area contributed by atoms with E-state index < -0.39 is 42.9 Å². The smallest absolute Gasteiger partial charge is 0.278 e. The Morgan fingerprint density at radius 2 is 2.03 bits per heavy atom. The minimum atomic E-state index is -1.08. The Hall–Kier alpha value is -2.84. The van der Waals surface area contributed by atoms with Crippen molar-refractivity contribution < 1.29 is 23.5 Å². The van der Waals surface area contributed by atoms with E-state index in [1.165, 1.54) is 16.8 Å². The Bertz CT molecular complexity index is 1220. The van der Waals surface area contributed by atoms with E-state index in [9.17, 15) is 28.3 Å². The molecule has 2 atom stereocenters. The van der Waals surface area contributed by atoms with Crippen LogP contribution in [0.2, 0.25) is 0 Å². The van der Waals surface area contributed by atoms with Crippen molar-refractivity contribution in [2.45, 2.75) is 40.0 Å². The number of carbonyl (C=O) groups is 2. The molecular weight excluding hydrogens is 477 g/mol. The van der Waals surface area contributed by atoms with Crippen LogP contribution in [0, 0.1) is 23.5 Å². The van der Waals surface area contributed by atoms with Crippen LogP contribution in [0.4, 0.5) is 8.78 Å². The molecule has 2 aromatic rings. The molecule has 1 aromatic heterocycles. The van der Waals surface area contributed by atoms with E-state index in [1.807, 2.05) is 0 Å². The van der Waals surface area contributed by atoms with Crippen LogP contribution in [0.15, 0.2) is 29.2 Å². The molecule has 0 bridgehead atoms. The number of rotatable bonds is 5. The topological polar surface area (TPSA) is 94.9 Å². The summed E-state index contributed by atoms with van der Waals surface area (Å²) in [5.41, 5.74) is -1.37. The molecule has 0 spiro atoms. The molecule has 35 heavy (non-hydrogen) atoms. The van der Waals surface area contributed by atoms with Crippen molar-refractivity contribution in [3.8, 4) is 5.75 Å². The van der Waals surface area contributed by atoms with Crippen molar-refractivity contribution in [3.63, 3.8) is 0 Å². The number of carbonyl (C=O) groups excluding carboxylic acids is 2. The van der Waals surface area contributed by atoms with Gasteiger partial charge in [-0.25, -0.2) is 8.78 Å². The predicted molar refractivity (Wildman–Crippen MR) is 128 cm³/mol. The van der Waals surface area contributed by atoms with E-state index in [0.29, 0.717) is 24.8 Å². The van der Waals surface area contributed by atoms with Gasteiger partial charge in [0.15, 0.2) is 11.4 Å². The average molecular weight is 506 g/mol. The fraction of sp³-hybridized carbons (Fsp3) is 0.458. The summed E-state index contributed by atoms with van der Waals surface area (Å²) >= 11 is 0. The van der Waals surface area contributed by atoms with Crippen LogP contribution in [0.5, 0.6) is 5.75 Å². The van der Waals surface area contributed by atoms with Gasteiger partial charge in [0, 0.05) is 44.0 Å². The molecule has 1 fully saturated rings. The Morgan fingerprint density at radius 3 is 2.71 bits per heavy atom. The molecular formula is C24H29F2N4O4P. The van der Waals surface area contributed by atoms with Crippen molar-refractivity contribution in [1.29, 1.82) is 0 Å². The van der Waals surface area contributed by atoms with Gasteiger partial charge in [0.05, 0.1) is 14.5 Å². The maximum absolute atomic E-state index is 13.9. The summed E-state index contributed by atoms with van der Waals surface area (Å²) in [5.74, 6) is -2.90. The maximum Gasteiger partial charge on any atom is 0.278 e. The Labute approximate surface area is 203 Å². The minimum absolute atomic E-state index is 0.0493. The Kier molecular flexibility index (Phi) is 7.24. The van der Waals surface area contributed by atoms with Gasteiger partial charge in [-0.3, -0.25) is 19.1 Å². The first-order valence-corrected chi connectivity index (χ1v) is 13.0. The molecule has 188 valence electrons. The standard InChI is InChI=1S/C24H29F2N4O4P/c1-14(2)10-29-7-6-15(3)11-30-24(34)20-22(32)21(31)18(12-28(20)13-35(29)30)23(33)27-9-16-4-5-17(25)8-19(16)26/h4-5,8,12,14-15,32H,6-7,9-11,13H2,1-3H3,(H,27,33)/t15-,35?/m1/s1. The highest BCUT2D eigenvalue weighted by atomic mass is 31.1. The molecule has 8 nitrogen and oxygen atoms in total. The molecule has 11 heteroatoms. The van der Waals surface area contributed by atoms with E-state index in [-0.39, 0.29) is 29.3 Å². The lowest BCUT2D eigenvalue weighted by Crippen LogP contribution is -2.42. The van der Waals surface area contributed by atoms with Gasteiger partial charge in [-0.05, 0) is 24.3 Å². The number of amides is 2. The van der Waals surface area contributed by atoms with Crippen LogP contribution in [-0.2, 0) is 12.8 Å². The molecule has 1 aromatic carbocycles. The van der Waals surface area contributed by atoms with Gasteiger partial charge in [-0.2, -0.15) is 0 Å². The monoisotopic (exact) mass is 506 g/mol. The van der Waals surface area contributed by atoms with Gasteiger partial charge in [-0.1, -0.05) is 26.8 Å². The van der Waals surface area contributed by atoms with Gasteiger partial charge in [0.1, 0.15) is 17.2 Å². The average Bonchev–Trinajstić information content (AvgIpc) is 2.94. The first-order valence-electron chi connectivity index (χ1n) is 11.6. The van der Waals surface area contributed by atoms with Crippen molar-refractivity contribution in [3.05, 3.63) is 63.1 Å². The van der Waals surface area contributed by atoms with Gasteiger partial charge >= 0.3 is 0 Å². The highest BCUT2D eigenvalue weighted by Gasteiger charge is 2.41. The number of halogens is 2. The quantitative estimate of drug-likeness (QED) is 0.606. The number of aromatic nitrogens is 1. The number of hydrogen-bond acceptors (Lipinski definition) is 5. The summed E-state index contributed by atoms with van der Waals surface area (Å²) in [4.78, 5) is 39.1. The largest absolute Gasteiger partial charge is 0.503 e. The summed E-state index contributed by atoms with van der Waals surface area (Å²) in [6.45, 7) is 8.22. The van der Waals surface area contributed by atoms with E-state index >= 15 is 0 Å². The SMILES string of the molecule is CC(C)CN1CC[C@@H](C)CN2C(=O)c3c(O)c(=O)c(C(=O)NCc4ccc(F)cc4F)cn3CP12. The summed E-state index contributed by atoms with van der Waals surface area (Å²) < 4.78 is 32.6. The van der Waals surface area contributed by atoms with Gasteiger partial charge in [0.2, 0.25) is 5.43 Å². The molecule has 2 aliphatic heterocycles. The molecule has 1 saturated heterocycles. The third kappa shape index (κ3) is 5.09. The number of aromatic hydroxyl groups is 1. The zero-order chi connectivity index (χ0) is 25.4. The van der Waals surface area contributed by atoms with Crippen LogP contribution in [0.1, 0.15) is 53.6 Å². The molecule has 2 N–H and O–H groups in total. The molecule has 3 heterocycles. The van der Waals surface area contributed by atoms with Gasteiger partial charge in [-0.15, -0.1) is 0 Å². The molecule has 2 amide bonds. The number of fused-ring (bicyclic) bond motifs is 2. The molecule has 0 radical (unpaired) electrons. The first kappa shape index (κ1) is 25.3. The first-order chi connectivity index (χ1) is 16.6. The lowest BCUT2D eigenvalue weighted by molar-refractivity contribution is 0.0824.